The van der Waals surface area contributed by atoms with E-state index in [0.717, 1.165) is 28.4 Å². The third-order valence-electron chi connectivity index (χ3n) is 4.15. The summed E-state index contributed by atoms with van der Waals surface area (Å²) in [6.45, 7) is 2.10. The number of aromatic nitrogens is 1. The lowest BCUT2D eigenvalue weighted by Crippen LogP contribution is -2.07. The molecule has 3 aromatic rings. The Morgan fingerprint density at radius 2 is 2.24 bits per heavy atom. The number of fused-ring (bicyclic) bond motifs is 2. The standard InChI is InChI=1S/C17H15ClN2S/c1-10-4-5-13(11-3-2-8-19-17(10)11)20-14-6-7-15-12(14)9-16(18)21-15/h2-5,8-9,14,20H,6-7H2,1H3. The molecule has 0 saturated carbocycles. The van der Waals surface area contributed by atoms with Gasteiger partial charge in [-0.3, -0.25) is 4.98 Å². The van der Waals surface area contributed by atoms with Gasteiger partial charge in [-0.1, -0.05) is 17.7 Å². The average molecular weight is 315 g/mol. The van der Waals surface area contributed by atoms with Gasteiger partial charge in [-0.2, -0.15) is 0 Å². The zero-order valence-corrected chi connectivity index (χ0v) is 13.3. The lowest BCUT2D eigenvalue weighted by Gasteiger charge is -2.17. The van der Waals surface area contributed by atoms with Gasteiger partial charge in [0.05, 0.1) is 15.9 Å². The molecule has 2 heterocycles. The fourth-order valence-corrected chi connectivity index (χ4v) is 4.46. The molecule has 2 nitrogen and oxygen atoms in total. The maximum Gasteiger partial charge on any atom is 0.0934 e. The van der Waals surface area contributed by atoms with E-state index in [-0.39, 0.29) is 0 Å². The van der Waals surface area contributed by atoms with Gasteiger partial charge < -0.3 is 5.32 Å². The Kier molecular flexibility index (Phi) is 3.12. The van der Waals surface area contributed by atoms with Crippen LogP contribution < -0.4 is 5.32 Å². The van der Waals surface area contributed by atoms with Gasteiger partial charge in [0.2, 0.25) is 0 Å². The third kappa shape index (κ3) is 2.21. The number of hydrogen-bond donors (Lipinski definition) is 1. The maximum atomic E-state index is 6.14. The molecule has 4 rings (SSSR count). The molecule has 0 saturated heterocycles. The summed E-state index contributed by atoms with van der Waals surface area (Å²) >= 11 is 7.85. The van der Waals surface area contributed by atoms with Gasteiger partial charge in [0, 0.05) is 22.1 Å². The minimum Gasteiger partial charge on any atom is -0.378 e. The van der Waals surface area contributed by atoms with Gasteiger partial charge in [0.15, 0.2) is 0 Å². The van der Waals surface area contributed by atoms with Crippen LogP contribution in [0.1, 0.15) is 28.5 Å². The molecule has 21 heavy (non-hydrogen) atoms. The predicted molar refractivity (Wildman–Crippen MR) is 90.5 cm³/mol. The Morgan fingerprint density at radius 3 is 3.14 bits per heavy atom. The van der Waals surface area contributed by atoms with Crippen molar-refractivity contribution in [3.8, 4) is 0 Å². The number of thiophene rings is 1. The highest BCUT2D eigenvalue weighted by molar-refractivity contribution is 7.16. The molecular weight excluding hydrogens is 300 g/mol. The van der Waals surface area contributed by atoms with Crippen molar-refractivity contribution < 1.29 is 0 Å². The van der Waals surface area contributed by atoms with Crippen LogP contribution in [-0.2, 0) is 6.42 Å². The number of pyridine rings is 1. The van der Waals surface area contributed by atoms with Crippen LogP contribution >= 0.6 is 22.9 Å². The van der Waals surface area contributed by atoms with Crippen LogP contribution in [0.15, 0.2) is 36.5 Å². The molecule has 0 radical (unpaired) electrons. The summed E-state index contributed by atoms with van der Waals surface area (Å²) in [5, 5.41) is 4.88. The number of anilines is 1. The van der Waals surface area contributed by atoms with Crippen molar-refractivity contribution in [2.45, 2.75) is 25.8 Å². The molecule has 106 valence electrons. The number of halogens is 1. The fraction of sp³-hybridized carbons (Fsp3) is 0.235. The normalized spacial score (nSPS) is 17.1. The van der Waals surface area contributed by atoms with E-state index < -0.39 is 0 Å². The Hall–Kier alpha value is -1.58. The molecule has 0 aliphatic heterocycles. The van der Waals surface area contributed by atoms with Crippen molar-refractivity contribution in [3.05, 3.63) is 56.9 Å². The Morgan fingerprint density at radius 1 is 1.33 bits per heavy atom. The summed E-state index contributed by atoms with van der Waals surface area (Å²) in [5.74, 6) is 0. The zero-order chi connectivity index (χ0) is 14.4. The molecule has 2 aromatic heterocycles. The van der Waals surface area contributed by atoms with Gasteiger partial charge in [0.25, 0.3) is 0 Å². The molecule has 1 aliphatic rings. The second-order valence-corrected chi connectivity index (χ2v) is 7.26. The molecule has 1 unspecified atom stereocenters. The zero-order valence-electron chi connectivity index (χ0n) is 11.7. The lowest BCUT2D eigenvalue weighted by atomic mass is 10.1. The molecule has 0 bridgehead atoms. The first-order chi connectivity index (χ1) is 10.2. The van der Waals surface area contributed by atoms with Crippen molar-refractivity contribution in [1.29, 1.82) is 0 Å². The quantitative estimate of drug-likeness (QED) is 0.689. The van der Waals surface area contributed by atoms with E-state index in [1.54, 1.807) is 11.3 Å². The molecule has 1 atom stereocenters. The summed E-state index contributed by atoms with van der Waals surface area (Å²) in [5.41, 5.74) is 4.80. The maximum absolute atomic E-state index is 6.14. The van der Waals surface area contributed by atoms with Crippen molar-refractivity contribution in [3.63, 3.8) is 0 Å². The van der Waals surface area contributed by atoms with Crippen LogP contribution in [-0.4, -0.2) is 4.98 Å². The van der Waals surface area contributed by atoms with Crippen LogP contribution in [0.4, 0.5) is 5.69 Å². The van der Waals surface area contributed by atoms with E-state index in [4.69, 9.17) is 11.6 Å². The number of nitrogens with one attached hydrogen (secondary N) is 1. The molecule has 4 heteroatoms. The third-order valence-corrected chi connectivity index (χ3v) is 5.49. The number of nitrogens with zero attached hydrogens (tertiary/aromatic N) is 1. The highest BCUT2D eigenvalue weighted by atomic mass is 35.5. The van der Waals surface area contributed by atoms with E-state index >= 15 is 0 Å². The van der Waals surface area contributed by atoms with Crippen LogP contribution in [0.2, 0.25) is 4.34 Å². The van der Waals surface area contributed by atoms with E-state index in [2.05, 4.69) is 41.5 Å². The van der Waals surface area contributed by atoms with Crippen molar-refractivity contribution in [1.82, 2.24) is 4.98 Å². The Balaban J connectivity index is 1.74. The van der Waals surface area contributed by atoms with Gasteiger partial charge >= 0.3 is 0 Å². The first kappa shape index (κ1) is 13.1. The Labute approximate surface area is 132 Å². The van der Waals surface area contributed by atoms with Crippen LogP contribution in [0.25, 0.3) is 10.9 Å². The fourth-order valence-electron chi connectivity index (χ4n) is 3.11. The predicted octanol–water partition coefficient (Wildman–Crippen LogP) is 5.36. The van der Waals surface area contributed by atoms with E-state index in [1.807, 2.05) is 12.3 Å². The molecule has 1 N–H and O–H groups in total. The van der Waals surface area contributed by atoms with Gasteiger partial charge in [-0.15, -0.1) is 11.3 Å². The van der Waals surface area contributed by atoms with E-state index in [1.165, 1.54) is 21.4 Å². The van der Waals surface area contributed by atoms with E-state index in [0.29, 0.717) is 6.04 Å². The molecule has 0 amide bonds. The van der Waals surface area contributed by atoms with Crippen LogP contribution in [0, 0.1) is 6.92 Å². The van der Waals surface area contributed by atoms with Gasteiger partial charge in [0.1, 0.15) is 0 Å². The smallest absolute Gasteiger partial charge is 0.0934 e. The van der Waals surface area contributed by atoms with Crippen LogP contribution in [0.3, 0.4) is 0 Å². The first-order valence-corrected chi connectivity index (χ1v) is 8.31. The molecule has 1 aromatic carbocycles. The summed E-state index contributed by atoms with van der Waals surface area (Å²) in [6.07, 6.45) is 4.10. The number of benzene rings is 1. The van der Waals surface area contributed by atoms with Crippen molar-refractivity contribution in [2.75, 3.05) is 5.32 Å². The SMILES string of the molecule is Cc1ccc(NC2CCc3sc(Cl)cc32)c2cccnc12. The number of rotatable bonds is 2. The Bertz CT molecular complexity index is 825. The molecule has 1 aliphatic carbocycles. The summed E-state index contributed by atoms with van der Waals surface area (Å²) in [7, 11) is 0. The summed E-state index contributed by atoms with van der Waals surface area (Å²) in [4.78, 5) is 5.93. The first-order valence-electron chi connectivity index (χ1n) is 7.11. The largest absolute Gasteiger partial charge is 0.378 e. The van der Waals surface area contributed by atoms with Gasteiger partial charge in [-0.25, -0.2) is 0 Å². The lowest BCUT2D eigenvalue weighted by molar-refractivity contribution is 0.763. The topological polar surface area (TPSA) is 24.9 Å². The summed E-state index contributed by atoms with van der Waals surface area (Å²) < 4.78 is 0.891. The number of hydrogen-bond acceptors (Lipinski definition) is 3. The highest BCUT2D eigenvalue weighted by Crippen LogP contribution is 2.41. The number of aryl methyl sites for hydroxylation is 2. The molecule has 0 spiro atoms. The van der Waals surface area contributed by atoms with E-state index in [9.17, 15) is 0 Å². The second-order valence-electron chi connectivity index (χ2n) is 5.49. The summed E-state index contributed by atoms with van der Waals surface area (Å²) in [6, 6.07) is 10.9. The monoisotopic (exact) mass is 314 g/mol. The van der Waals surface area contributed by atoms with Crippen LogP contribution in [0.5, 0.6) is 0 Å². The molecular formula is C17H15ClN2S. The van der Waals surface area contributed by atoms with Crippen molar-refractivity contribution >= 4 is 39.5 Å². The minimum absolute atomic E-state index is 0.356. The van der Waals surface area contributed by atoms with Gasteiger partial charge in [-0.05, 0) is 55.2 Å². The second kappa shape index (κ2) is 5.00. The minimum atomic E-state index is 0.356. The highest BCUT2D eigenvalue weighted by Gasteiger charge is 2.25. The molecule has 0 fully saturated rings. The average Bonchev–Trinajstić information content (AvgIpc) is 3.02. The van der Waals surface area contributed by atoms with Crippen molar-refractivity contribution in [2.24, 2.45) is 0 Å².